The summed E-state index contributed by atoms with van der Waals surface area (Å²) in [4.78, 5) is 5.34. The number of likely N-dealkylation sites (N-methyl/N-ethyl adjacent to an activating group) is 1. The summed E-state index contributed by atoms with van der Waals surface area (Å²) >= 11 is 1.95. The third-order valence-corrected chi connectivity index (χ3v) is 5.14. The van der Waals surface area contributed by atoms with Crippen LogP contribution in [0.15, 0.2) is 12.1 Å². The number of hydrogen-bond acceptors (Lipinski definition) is 4. The summed E-state index contributed by atoms with van der Waals surface area (Å²) in [5.74, 6) is 0. The lowest BCUT2D eigenvalue weighted by molar-refractivity contribution is -0.0382. The van der Waals surface area contributed by atoms with Gasteiger partial charge in [0.05, 0.1) is 12.7 Å². The summed E-state index contributed by atoms with van der Waals surface area (Å²) in [6, 6.07) is 4.99. The molecule has 1 aliphatic heterocycles. The van der Waals surface area contributed by atoms with Gasteiger partial charge >= 0.3 is 0 Å². The molecule has 2 rings (SSSR count). The predicted molar refractivity (Wildman–Crippen MR) is 86.7 cm³/mol. The van der Waals surface area contributed by atoms with Gasteiger partial charge in [0, 0.05) is 28.9 Å². The summed E-state index contributed by atoms with van der Waals surface area (Å²) in [6.07, 6.45) is 3.71. The Hall–Kier alpha value is -0.420. The molecule has 0 saturated carbocycles. The monoisotopic (exact) mass is 296 g/mol. The highest BCUT2D eigenvalue weighted by atomic mass is 32.1. The van der Waals surface area contributed by atoms with E-state index in [-0.39, 0.29) is 0 Å². The number of ether oxygens (including phenoxy) is 1. The highest BCUT2D eigenvalue weighted by Crippen LogP contribution is 2.21. The lowest BCUT2D eigenvalue weighted by Gasteiger charge is -2.35. The molecular weight excluding hydrogens is 268 g/mol. The molecule has 114 valence electrons. The lowest BCUT2D eigenvalue weighted by Crippen LogP contribution is -2.52. The summed E-state index contributed by atoms with van der Waals surface area (Å²) in [7, 11) is 2.19. The standard InChI is InChI=1S/C16H28N2OS/c1-4-8-17-15(16-12-18(3)9-10-19-16)11-14-7-6-13(5-2)20-14/h6-7,15-17H,4-5,8-12H2,1-3H3. The predicted octanol–water partition coefficient (Wildman–Crippen LogP) is 2.55. The molecule has 20 heavy (non-hydrogen) atoms. The summed E-state index contributed by atoms with van der Waals surface area (Å²) < 4.78 is 6.01. The minimum Gasteiger partial charge on any atom is -0.374 e. The Bertz CT molecular complexity index is 394. The van der Waals surface area contributed by atoms with E-state index in [0.29, 0.717) is 12.1 Å². The molecule has 1 aliphatic rings. The molecule has 4 heteroatoms. The van der Waals surface area contributed by atoms with E-state index in [4.69, 9.17) is 4.74 Å². The molecular formula is C16H28N2OS. The first-order valence-corrected chi connectivity index (χ1v) is 8.65. The first kappa shape index (κ1) is 16.0. The molecule has 0 aliphatic carbocycles. The molecule has 1 fully saturated rings. The first-order valence-electron chi connectivity index (χ1n) is 7.84. The van der Waals surface area contributed by atoms with Crippen molar-refractivity contribution < 1.29 is 4.74 Å². The molecule has 1 saturated heterocycles. The largest absolute Gasteiger partial charge is 0.374 e. The molecule has 0 amide bonds. The highest BCUT2D eigenvalue weighted by molar-refractivity contribution is 7.11. The molecule has 0 radical (unpaired) electrons. The zero-order chi connectivity index (χ0) is 14.4. The molecule has 0 aromatic carbocycles. The van der Waals surface area contributed by atoms with E-state index in [2.05, 4.69) is 43.2 Å². The van der Waals surface area contributed by atoms with E-state index >= 15 is 0 Å². The molecule has 0 bridgehead atoms. The Morgan fingerprint density at radius 2 is 2.20 bits per heavy atom. The second-order valence-electron chi connectivity index (χ2n) is 5.66. The van der Waals surface area contributed by atoms with Crippen LogP contribution >= 0.6 is 11.3 Å². The SMILES string of the molecule is CCCNC(Cc1ccc(CC)s1)C1CN(C)CCO1. The summed E-state index contributed by atoms with van der Waals surface area (Å²) in [5, 5.41) is 3.69. The number of hydrogen-bond donors (Lipinski definition) is 1. The van der Waals surface area contributed by atoms with Gasteiger partial charge in [0.25, 0.3) is 0 Å². The number of morpholine rings is 1. The van der Waals surface area contributed by atoms with Crippen molar-refractivity contribution in [2.24, 2.45) is 0 Å². The van der Waals surface area contributed by atoms with Gasteiger partial charge in [-0.25, -0.2) is 0 Å². The minimum atomic E-state index is 0.312. The van der Waals surface area contributed by atoms with Crippen LogP contribution in [0.3, 0.4) is 0 Å². The average Bonchev–Trinajstić information content (AvgIpc) is 2.91. The van der Waals surface area contributed by atoms with Crippen LogP contribution in [-0.2, 0) is 17.6 Å². The van der Waals surface area contributed by atoms with Crippen LogP contribution in [0, 0.1) is 0 Å². The molecule has 2 unspecified atom stereocenters. The van der Waals surface area contributed by atoms with Gasteiger partial charge in [-0.05, 0) is 45.0 Å². The molecule has 2 atom stereocenters. The van der Waals surface area contributed by atoms with E-state index in [1.165, 1.54) is 16.2 Å². The number of nitrogens with one attached hydrogen (secondary N) is 1. The zero-order valence-electron chi connectivity index (χ0n) is 13.0. The van der Waals surface area contributed by atoms with Crippen LogP contribution in [0.2, 0.25) is 0 Å². The molecule has 1 aromatic rings. The van der Waals surface area contributed by atoms with Crippen LogP contribution < -0.4 is 5.32 Å². The zero-order valence-corrected chi connectivity index (χ0v) is 13.8. The Kier molecular flexibility index (Phi) is 6.49. The van der Waals surface area contributed by atoms with E-state index in [9.17, 15) is 0 Å². The Labute approximate surface area is 127 Å². The van der Waals surface area contributed by atoms with Gasteiger partial charge in [-0.15, -0.1) is 11.3 Å². The van der Waals surface area contributed by atoms with Crippen LogP contribution in [0.5, 0.6) is 0 Å². The second kappa shape index (κ2) is 8.13. The maximum Gasteiger partial charge on any atom is 0.0858 e. The van der Waals surface area contributed by atoms with Crippen LogP contribution in [-0.4, -0.2) is 50.3 Å². The Morgan fingerprint density at radius 3 is 2.85 bits per heavy atom. The van der Waals surface area contributed by atoms with E-state index in [1.54, 1.807) is 0 Å². The maximum atomic E-state index is 6.01. The number of aryl methyl sites for hydroxylation is 1. The summed E-state index contributed by atoms with van der Waals surface area (Å²) in [6.45, 7) is 8.46. The molecule has 1 N–H and O–H groups in total. The Morgan fingerprint density at radius 1 is 1.40 bits per heavy atom. The quantitative estimate of drug-likeness (QED) is 0.837. The van der Waals surface area contributed by atoms with E-state index < -0.39 is 0 Å². The lowest BCUT2D eigenvalue weighted by atomic mass is 10.0. The van der Waals surface area contributed by atoms with Gasteiger partial charge in [-0.1, -0.05) is 13.8 Å². The van der Waals surface area contributed by atoms with Crippen molar-refractivity contribution in [2.45, 2.75) is 45.3 Å². The third kappa shape index (κ3) is 4.55. The molecule has 3 nitrogen and oxygen atoms in total. The van der Waals surface area contributed by atoms with Crippen molar-refractivity contribution in [1.82, 2.24) is 10.2 Å². The van der Waals surface area contributed by atoms with Crippen molar-refractivity contribution in [2.75, 3.05) is 33.3 Å². The van der Waals surface area contributed by atoms with E-state index in [1.807, 2.05) is 11.3 Å². The van der Waals surface area contributed by atoms with Crippen molar-refractivity contribution in [3.63, 3.8) is 0 Å². The molecule has 0 spiro atoms. The third-order valence-electron chi connectivity index (χ3n) is 3.89. The topological polar surface area (TPSA) is 24.5 Å². The van der Waals surface area contributed by atoms with Crippen LogP contribution in [0.25, 0.3) is 0 Å². The van der Waals surface area contributed by atoms with Crippen LogP contribution in [0.4, 0.5) is 0 Å². The van der Waals surface area contributed by atoms with Crippen molar-refractivity contribution in [3.05, 3.63) is 21.9 Å². The van der Waals surface area contributed by atoms with Gasteiger partial charge in [0.1, 0.15) is 0 Å². The fraction of sp³-hybridized carbons (Fsp3) is 0.750. The molecule has 1 aromatic heterocycles. The number of nitrogens with zero attached hydrogens (tertiary/aromatic N) is 1. The van der Waals surface area contributed by atoms with Crippen molar-refractivity contribution in [1.29, 1.82) is 0 Å². The number of thiophene rings is 1. The van der Waals surface area contributed by atoms with E-state index in [0.717, 1.165) is 39.1 Å². The van der Waals surface area contributed by atoms with Crippen LogP contribution in [0.1, 0.15) is 30.0 Å². The minimum absolute atomic E-state index is 0.312. The first-order chi connectivity index (χ1) is 9.72. The summed E-state index contributed by atoms with van der Waals surface area (Å²) in [5.41, 5.74) is 0. The smallest absolute Gasteiger partial charge is 0.0858 e. The second-order valence-corrected chi connectivity index (χ2v) is 6.91. The van der Waals surface area contributed by atoms with Gasteiger partial charge in [-0.2, -0.15) is 0 Å². The maximum absolute atomic E-state index is 6.01. The Balaban J connectivity index is 1.98. The normalized spacial score (nSPS) is 22.1. The fourth-order valence-electron chi connectivity index (χ4n) is 2.66. The van der Waals surface area contributed by atoms with Gasteiger partial charge in [0.2, 0.25) is 0 Å². The van der Waals surface area contributed by atoms with Crippen molar-refractivity contribution in [3.8, 4) is 0 Å². The van der Waals surface area contributed by atoms with Gasteiger partial charge in [-0.3, -0.25) is 0 Å². The number of rotatable bonds is 7. The van der Waals surface area contributed by atoms with Crippen molar-refractivity contribution >= 4 is 11.3 Å². The average molecular weight is 296 g/mol. The molecule has 2 heterocycles. The van der Waals surface area contributed by atoms with Gasteiger partial charge < -0.3 is 15.0 Å². The highest BCUT2D eigenvalue weighted by Gasteiger charge is 2.26. The van der Waals surface area contributed by atoms with Gasteiger partial charge in [0.15, 0.2) is 0 Å². The fourth-order valence-corrected chi connectivity index (χ4v) is 3.67.